The molecular formula is C19H22N10O2. The summed E-state index contributed by atoms with van der Waals surface area (Å²) in [4.78, 5) is 31.1. The fourth-order valence-corrected chi connectivity index (χ4v) is 3.37. The highest BCUT2D eigenvalue weighted by molar-refractivity contribution is 5.96. The van der Waals surface area contributed by atoms with Gasteiger partial charge in [0.1, 0.15) is 0 Å². The van der Waals surface area contributed by atoms with Crippen LogP contribution < -0.4 is 16.4 Å². The molecule has 2 aromatic heterocycles. The highest BCUT2D eigenvalue weighted by Gasteiger charge is 2.23. The fraction of sp³-hybridized carbons (Fsp3) is 0.316. The van der Waals surface area contributed by atoms with E-state index in [9.17, 15) is 9.59 Å². The number of carbonyl (C=O) groups excluding carboxylic acids is 2. The number of rotatable bonds is 6. The first-order valence-corrected chi connectivity index (χ1v) is 9.80. The molecule has 4 N–H and O–H groups in total. The first-order chi connectivity index (χ1) is 15.0. The lowest BCUT2D eigenvalue weighted by molar-refractivity contribution is -0.129. The normalized spacial score (nSPS) is 16.0. The second-order valence-corrected chi connectivity index (χ2v) is 7.14. The van der Waals surface area contributed by atoms with E-state index in [1.54, 1.807) is 36.4 Å². The minimum Gasteiger partial charge on any atom is -0.364 e. The van der Waals surface area contributed by atoms with Gasteiger partial charge in [-0.2, -0.15) is 20.0 Å². The van der Waals surface area contributed by atoms with Crippen LogP contribution in [0.1, 0.15) is 30.3 Å². The summed E-state index contributed by atoms with van der Waals surface area (Å²) >= 11 is 0. The zero-order valence-corrected chi connectivity index (χ0v) is 16.9. The lowest BCUT2D eigenvalue weighted by atomic mass is 10.1. The number of carbonyl (C=O) groups is 2. The molecule has 0 aliphatic carbocycles. The Morgan fingerprint density at radius 3 is 2.55 bits per heavy atom. The SMILES string of the molecule is CC(=O)N1CCC[C@@H](Nc2nnc(C(N)=O)c(Nc3ccc(-n4nccn4)cc3)n2)C1. The molecule has 0 spiro atoms. The Bertz CT molecular complexity index is 1070. The maximum absolute atomic E-state index is 11.8. The number of nitrogens with one attached hydrogen (secondary N) is 2. The van der Waals surface area contributed by atoms with Gasteiger partial charge in [-0.1, -0.05) is 0 Å². The van der Waals surface area contributed by atoms with Crippen LogP contribution in [0, 0.1) is 0 Å². The number of hydrogen-bond donors (Lipinski definition) is 3. The van der Waals surface area contributed by atoms with Crippen molar-refractivity contribution in [3.8, 4) is 5.69 Å². The first-order valence-electron chi connectivity index (χ1n) is 9.80. The summed E-state index contributed by atoms with van der Waals surface area (Å²) in [5, 5.41) is 22.3. The Labute approximate surface area is 177 Å². The molecule has 1 aliphatic rings. The summed E-state index contributed by atoms with van der Waals surface area (Å²) < 4.78 is 0. The van der Waals surface area contributed by atoms with Gasteiger partial charge >= 0.3 is 0 Å². The molecule has 3 aromatic rings. The number of hydrogen-bond acceptors (Lipinski definition) is 9. The van der Waals surface area contributed by atoms with Crippen LogP contribution >= 0.6 is 0 Å². The van der Waals surface area contributed by atoms with Gasteiger partial charge in [0.25, 0.3) is 5.91 Å². The van der Waals surface area contributed by atoms with Crippen LogP contribution in [0.2, 0.25) is 0 Å². The Morgan fingerprint density at radius 1 is 1.13 bits per heavy atom. The predicted octanol–water partition coefficient (Wildman–Crippen LogP) is 0.718. The highest BCUT2D eigenvalue weighted by atomic mass is 16.2. The molecule has 12 nitrogen and oxygen atoms in total. The topological polar surface area (TPSA) is 157 Å². The zero-order chi connectivity index (χ0) is 21.8. The van der Waals surface area contributed by atoms with E-state index in [1.165, 1.54) is 4.80 Å². The molecule has 4 rings (SSSR count). The fourth-order valence-electron chi connectivity index (χ4n) is 3.37. The minimum atomic E-state index is -0.744. The number of primary amides is 1. The first kappa shape index (κ1) is 20.2. The molecule has 2 amide bonds. The van der Waals surface area contributed by atoms with Gasteiger partial charge in [0.15, 0.2) is 11.5 Å². The van der Waals surface area contributed by atoms with Crippen molar-refractivity contribution in [2.24, 2.45) is 5.73 Å². The summed E-state index contributed by atoms with van der Waals surface area (Å²) in [6.45, 7) is 2.85. The zero-order valence-electron chi connectivity index (χ0n) is 16.9. The van der Waals surface area contributed by atoms with Crippen LogP contribution in [0.4, 0.5) is 17.5 Å². The number of amides is 2. The van der Waals surface area contributed by atoms with E-state index in [-0.39, 0.29) is 29.4 Å². The summed E-state index contributed by atoms with van der Waals surface area (Å²) in [5.41, 5.74) is 6.82. The molecule has 1 saturated heterocycles. The van der Waals surface area contributed by atoms with Crippen molar-refractivity contribution in [1.29, 1.82) is 0 Å². The van der Waals surface area contributed by atoms with Gasteiger partial charge in [0.05, 0.1) is 18.1 Å². The van der Waals surface area contributed by atoms with E-state index in [1.807, 2.05) is 12.1 Å². The number of nitrogens with zero attached hydrogens (tertiary/aromatic N) is 7. The van der Waals surface area contributed by atoms with E-state index in [4.69, 9.17) is 5.73 Å². The summed E-state index contributed by atoms with van der Waals surface area (Å²) in [5.74, 6) is -0.271. The van der Waals surface area contributed by atoms with Crippen molar-refractivity contribution in [3.63, 3.8) is 0 Å². The van der Waals surface area contributed by atoms with Crippen LogP contribution in [0.3, 0.4) is 0 Å². The van der Waals surface area contributed by atoms with Crippen molar-refractivity contribution < 1.29 is 9.59 Å². The van der Waals surface area contributed by atoms with E-state index in [0.29, 0.717) is 12.2 Å². The van der Waals surface area contributed by atoms with Crippen molar-refractivity contribution >= 4 is 29.3 Å². The van der Waals surface area contributed by atoms with Crippen LogP contribution in [0.5, 0.6) is 0 Å². The molecule has 1 aromatic carbocycles. The van der Waals surface area contributed by atoms with Crippen LogP contribution in [-0.2, 0) is 4.79 Å². The Morgan fingerprint density at radius 2 is 1.87 bits per heavy atom. The molecule has 3 heterocycles. The average Bonchev–Trinajstić information content (AvgIpc) is 3.29. The molecule has 0 bridgehead atoms. The number of aromatic nitrogens is 6. The molecule has 0 radical (unpaired) electrons. The predicted molar refractivity (Wildman–Crippen MR) is 112 cm³/mol. The van der Waals surface area contributed by atoms with Crippen LogP contribution in [0.15, 0.2) is 36.7 Å². The summed E-state index contributed by atoms with van der Waals surface area (Å²) in [6.07, 6.45) is 4.94. The van der Waals surface area contributed by atoms with Crippen molar-refractivity contribution in [1.82, 2.24) is 35.1 Å². The molecular weight excluding hydrogens is 400 g/mol. The molecule has 160 valence electrons. The monoisotopic (exact) mass is 422 g/mol. The number of anilines is 3. The molecule has 1 atom stereocenters. The van der Waals surface area contributed by atoms with Crippen molar-refractivity contribution in [2.75, 3.05) is 23.7 Å². The maximum Gasteiger partial charge on any atom is 0.273 e. The van der Waals surface area contributed by atoms with Gasteiger partial charge in [0.2, 0.25) is 11.9 Å². The highest BCUT2D eigenvalue weighted by Crippen LogP contribution is 2.21. The van der Waals surface area contributed by atoms with Crippen LogP contribution in [-0.4, -0.2) is 66.0 Å². The molecule has 12 heteroatoms. The van der Waals surface area contributed by atoms with E-state index >= 15 is 0 Å². The van der Waals surface area contributed by atoms with Gasteiger partial charge < -0.3 is 21.3 Å². The van der Waals surface area contributed by atoms with Crippen molar-refractivity contribution in [2.45, 2.75) is 25.8 Å². The summed E-state index contributed by atoms with van der Waals surface area (Å²) in [6, 6.07) is 7.22. The second-order valence-electron chi connectivity index (χ2n) is 7.14. The smallest absolute Gasteiger partial charge is 0.273 e. The third-order valence-electron chi connectivity index (χ3n) is 4.90. The van der Waals surface area contributed by atoms with Gasteiger partial charge in [-0.05, 0) is 37.1 Å². The largest absolute Gasteiger partial charge is 0.364 e. The Balaban J connectivity index is 1.52. The quantitative estimate of drug-likeness (QED) is 0.520. The van der Waals surface area contributed by atoms with Gasteiger partial charge in [-0.15, -0.1) is 10.2 Å². The minimum absolute atomic E-state index is 0.00687. The molecule has 1 aliphatic heterocycles. The summed E-state index contributed by atoms with van der Waals surface area (Å²) in [7, 11) is 0. The maximum atomic E-state index is 11.8. The molecule has 0 saturated carbocycles. The lowest BCUT2D eigenvalue weighted by Gasteiger charge is -2.32. The Kier molecular flexibility index (Phi) is 5.69. The van der Waals surface area contributed by atoms with E-state index in [0.717, 1.165) is 25.1 Å². The number of nitrogens with two attached hydrogens (primary N) is 1. The second kappa shape index (κ2) is 8.73. The van der Waals surface area contributed by atoms with Gasteiger partial charge in [0, 0.05) is 31.7 Å². The number of likely N-dealkylation sites (tertiary alicyclic amines) is 1. The third-order valence-corrected chi connectivity index (χ3v) is 4.90. The number of piperidine rings is 1. The van der Waals surface area contributed by atoms with Crippen LogP contribution in [0.25, 0.3) is 5.69 Å². The Hall–Kier alpha value is -4.09. The lowest BCUT2D eigenvalue weighted by Crippen LogP contribution is -2.44. The third kappa shape index (κ3) is 4.74. The number of benzene rings is 1. The molecule has 31 heavy (non-hydrogen) atoms. The molecule has 1 fully saturated rings. The van der Waals surface area contributed by atoms with Gasteiger partial charge in [-0.25, -0.2) is 0 Å². The standard InChI is InChI=1S/C19H22N10O2/c1-12(30)28-10-2-3-14(11-28)24-19-25-18(16(17(20)31)26-27-19)23-13-4-6-15(7-5-13)29-21-8-9-22-29/h4-9,14H,2-3,10-11H2,1H3,(H2,20,31)(H2,23,24,25,27)/t14-/m1/s1. The van der Waals surface area contributed by atoms with Gasteiger partial charge in [-0.3, -0.25) is 9.59 Å². The molecule has 0 unspecified atom stereocenters. The van der Waals surface area contributed by atoms with E-state index in [2.05, 4.69) is 36.0 Å². The van der Waals surface area contributed by atoms with Crippen molar-refractivity contribution in [3.05, 3.63) is 42.4 Å². The van der Waals surface area contributed by atoms with E-state index < -0.39 is 5.91 Å². The average molecular weight is 422 g/mol.